The molecule has 170 valence electrons. The van der Waals surface area contributed by atoms with Crippen molar-refractivity contribution in [1.29, 1.82) is 0 Å². The first kappa shape index (κ1) is 24.0. The summed E-state index contributed by atoms with van der Waals surface area (Å²) in [6.07, 6.45) is 0. The topological polar surface area (TPSA) is 87.5 Å². The predicted molar refractivity (Wildman–Crippen MR) is 125 cm³/mol. The maximum Gasteiger partial charge on any atom is 0.234 e. The number of carbonyl (C=O) groups excluding carboxylic acids is 1. The molecule has 0 aliphatic carbocycles. The average Bonchev–Trinajstić information content (AvgIpc) is 3.20. The van der Waals surface area contributed by atoms with Gasteiger partial charge in [0, 0.05) is 23.7 Å². The van der Waals surface area contributed by atoms with Crippen LogP contribution in [-0.2, 0) is 17.9 Å². The van der Waals surface area contributed by atoms with Gasteiger partial charge >= 0.3 is 0 Å². The number of aromatic nitrogens is 3. The van der Waals surface area contributed by atoms with Crippen molar-refractivity contribution in [2.24, 2.45) is 0 Å². The summed E-state index contributed by atoms with van der Waals surface area (Å²) in [5.74, 6) is 2.18. The van der Waals surface area contributed by atoms with Crippen LogP contribution in [0.5, 0.6) is 17.2 Å². The van der Waals surface area contributed by atoms with E-state index in [4.69, 9.17) is 37.4 Å². The SMILES string of the molecule is CCn1c(COc2cc(Cl)ccc2Cl)nnc1SCC(=O)Nc1ccc(OC)cc1OC. The molecular weight excluding hydrogens is 475 g/mol. The number of carbonyl (C=O) groups is 1. The number of anilines is 1. The molecule has 0 atom stereocenters. The van der Waals surface area contributed by atoms with E-state index in [9.17, 15) is 4.79 Å². The number of nitrogens with zero attached hydrogens (tertiary/aromatic N) is 3. The van der Waals surface area contributed by atoms with Crippen molar-refractivity contribution in [3.8, 4) is 17.2 Å². The zero-order valence-corrected chi connectivity index (χ0v) is 20.1. The molecule has 2 aromatic carbocycles. The van der Waals surface area contributed by atoms with Crippen molar-refractivity contribution < 1.29 is 19.0 Å². The van der Waals surface area contributed by atoms with Gasteiger partial charge in [-0.3, -0.25) is 4.79 Å². The van der Waals surface area contributed by atoms with Gasteiger partial charge in [-0.15, -0.1) is 10.2 Å². The fourth-order valence-electron chi connectivity index (χ4n) is 2.80. The van der Waals surface area contributed by atoms with Gasteiger partial charge in [0.1, 0.15) is 23.9 Å². The Morgan fingerprint density at radius 2 is 1.91 bits per heavy atom. The van der Waals surface area contributed by atoms with E-state index in [-0.39, 0.29) is 18.3 Å². The molecule has 0 radical (unpaired) electrons. The average molecular weight is 497 g/mol. The van der Waals surface area contributed by atoms with Crippen LogP contribution in [0.25, 0.3) is 0 Å². The van der Waals surface area contributed by atoms with Crippen LogP contribution in [0.2, 0.25) is 10.0 Å². The zero-order chi connectivity index (χ0) is 23.1. The summed E-state index contributed by atoms with van der Waals surface area (Å²) in [4.78, 5) is 12.5. The van der Waals surface area contributed by atoms with E-state index in [2.05, 4.69) is 15.5 Å². The maximum atomic E-state index is 12.5. The Morgan fingerprint density at radius 1 is 1.09 bits per heavy atom. The number of methoxy groups -OCH3 is 2. The van der Waals surface area contributed by atoms with Crippen molar-refractivity contribution >= 4 is 46.6 Å². The first-order valence-corrected chi connectivity index (χ1v) is 11.3. The molecule has 0 aliphatic rings. The van der Waals surface area contributed by atoms with Gasteiger partial charge in [-0.05, 0) is 31.2 Å². The summed E-state index contributed by atoms with van der Waals surface area (Å²) < 4.78 is 18.1. The molecule has 3 rings (SSSR count). The van der Waals surface area contributed by atoms with Gasteiger partial charge in [-0.25, -0.2) is 0 Å². The first-order valence-electron chi connectivity index (χ1n) is 9.59. The van der Waals surface area contributed by atoms with Crippen LogP contribution in [0.1, 0.15) is 12.7 Å². The Morgan fingerprint density at radius 3 is 2.62 bits per heavy atom. The van der Waals surface area contributed by atoms with Crippen molar-refractivity contribution in [3.63, 3.8) is 0 Å². The quantitative estimate of drug-likeness (QED) is 0.398. The molecule has 1 aromatic heterocycles. The van der Waals surface area contributed by atoms with Gasteiger partial charge < -0.3 is 24.1 Å². The molecule has 1 heterocycles. The van der Waals surface area contributed by atoms with Gasteiger partial charge in [-0.1, -0.05) is 35.0 Å². The van der Waals surface area contributed by atoms with E-state index in [1.807, 2.05) is 11.5 Å². The number of nitrogens with one attached hydrogen (secondary N) is 1. The predicted octanol–water partition coefficient (Wildman–Crippen LogP) is 4.93. The largest absolute Gasteiger partial charge is 0.497 e. The second-order valence-electron chi connectivity index (χ2n) is 6.41. The molecule has 0 fully saturated rings. The molecule has 8 nitrogen and oxygen atoms in total. The second kappa shape index (κ2) is 11.3. The smallest absolute Gasteiger partial charge is 0.234 e. The van der Waals surface area contributed by atoms with E-state index >= 15 is 0 Å². The lowest BCUT2D eigenvalue weighted by Gasteiger charge is -2.12. The molecule has 0 bridgehead atoms. The van der Waals surface area contributed by atoms with Gasteiger partial charge in [0.25, 0.3) is 0 Å². The van der Waals surface area contributed by atoms with Crippen LogP contribution < -0.4 is 19.5 Å². The minimum absolute atomic E-state index is 0.147. The van der Waals surface area contributed by atoms with E-state index in [1.165, 1.54) is 18.9 Å². The van der Waals surface area contributed by atoms with Crippen molar-refractivity contribution in [2.45, 2.75) is 25.2 Å². The number of hydrogen-bond acceptors (Lipinski definition) is 7. The molecule has 0 spiro atoms. The number of benzene rings is 2. The molecular formula is C21H22Cl2N4O4S. The summed E-state index contributed by atoms with van der Waals surface area (Å²) in [6.45, 7) is 2.74. The minimum atomic E-state index is -0.201. The standard InChI is InChI=1S/C21H22Cl2N4O4S/c1-4-27-19(11-31-17-9-13(22)5-7-15(17)23)25-26-21(27)32-12-20(28)24-16-8-6-14(29-2)10-18(16)30-3/h5-10H,4,11-12H2,1-3H3,(H,24,28). The minimum Gasteiger partial charge on any atom is -0.497 e. The molecule has 1 N–H and O–H groups in total. The van der Waals surface area contributed by atoms with E-state index < -0.39 is 0 Å². The highest BCUT2D eigenvalue weighted by atomic mass is 35.5. The van der Waals surface area contributed by atoms with Crippen molar-refractivity contribution in [3.05, 3.63) is 52.3 Å². The van der Waals surface area contributed by atoms with Crippen LogP contribution in [0.3, 0.4) is 0 Å². The van der Waals surface area contributed by atoms with Gasteiger partial charge in [-0.2, -0.15) is 0 Å². The van der Waals surface area contributed by atoms with Crippen molar-refractivity contribution in [1.82, 2.24) is 14.8 Å². The summed E-state index contributed by atoms with van der Waals surface area (Å²) >= 11 is 13.4. The lowest BCUT2D eigenvalue weighted by atomic mass is 10.2. The highest BCUT2D eigenvalue weighted by molar-refractivity contribution is 7.99. The summed E-state index contributed by atoms with van der Waals surface area (Å²) in [5, 5.41) is 12.8. The number of amides is 1. The third-order valence-corrected chi connectivity index (χ3v) is 5.89. The lowest BCUT2D eigenvalue weighted by Crippen LogP contribution is -2.15. The number of halogens is 2. The fourth-order valence-corrected chi connectivity index (χ4v) is 3.95. The normalized spacial score (nSPS) is 10.7. The summed E-state index contributed by atoms with van der Waals surface area (Å²) in [6, 6.07) is 10.2. The Hall–Kier alpha value is -2.62. The third kappa shape index (κ3) is 5.99. The third-order valence-electron chi connectivity index (χ3n) is 4.37. The first-order chi connectivity index (χ1) is 15.4. The van der Waals surface area contributed by atoms with Crippen LogP contribution in [0.4, 0.5) is 5.69 Å². The number of rotatable bonds is 10. The molecule has 32 heavy (non-hydrogen) atoms. The highest BCUT2D eigenvalue weighted by Crippen LogP contribution is 2.30. The Kier molecular flexibility index (Phi) is 8.49. The lowest BCUT2D eigenvalue weighted by molar-refractivity contribution is -0.113. The highest BCUT2D eigenvalue weighted by Gasteiger charge is 2.15. The summed E-state index contributed by atoms with van der Waals surface area (Å²) in [5.41, 5.74) is 0.559. The van der Waals surface area contributed by atoms with Gasteiger partial charge in [0.15, 0.2) is 11.0 Å². The van der Waals surface area contributed by atoms with Crippen LogP contribution >= 0.6 is 35.0 Å². The molecule has 3 aromatic rings. The van der Waals surface area contributed by atoms with E-state index in [0.717, 1.165) is 0 Å². The molecule has 0 aliphatic heterocycles. The van der Waals surface area contributed by atoms with Crippen LogP contribution in [0, 0.1) is 0 Å². The van der Waals surface area contributed by atoms with Crippen molar-refractivity contribution in [2.75, 3.05) is 25.3 Å². The fraction of sp³-hybridized carbons (Fsp3) is 0.286. The van der Waals surface area contributed by atoms with Crippen LogP contribution in [0.15, 0.2) is 41.6 Å². The Balaban J connectivity index is 1.61. The Bertz CT molecular complexity index is 1090. The van der Waals surface area contributed by atoms with E-state index in [0.29, 0.717) is 50.5 Å². The Labute approximate surface area is 200 Å². The number of ether oxygens (including phenoxy) is 3. The second-order valence-corrected chi connectivity index (χ2v) is 8.20. The molecule has 1 amide bonds. The molecule has 0 unspecified atom stereocenters. The number of thioether (sulfide) groups is 1. The van der Waals surface area contributed by atoms with E-state index in [1.54, 1.807) is 43.5 Å². The zero-order valence-electron chi connectivity index (χ0n) is 17.7. The molecule has 0 saturated heterocycles. The molecule has 0 saturated carbocycles. The van der Waals surface area contributed by atoms with Gasteiger partial charge in [0.05, 0.1) is 30.7 Å². The van der Waals surface area contributed by atoms with Crippen LogP contribution in [-0.4, -0.2) is 40.6 Å². The summed E-state index contributed by atoms with van der Waals surface area (Å²) in [7, 11) is 3.10. The van der Waals surface area contributed by atoms with Gasteiger partial charge in [0.2, 0.25) is 5.91 Å². The number of hydrogen-bond donors (Lipinski definition) is 1. The maximum absolute atomic E-state index is 12.5. The monoisotopic (exact) mass is 496 g/mol. The molecule has 11 heteroatoms.